The van der Waals surface area contributed by atoms with Crippen molar-refractivity contribution in [3.8, 4) is 0 Å². The van der Waals surface area contributed by atoms with E-state index >= 15 is 0 Å². The van der Waals surface area contributed by atoms with E-state index in [1.54, 1.807) is 0 Å². The van der Waals surface area contributed by atoms with Gasteiger partial charge in [0.1, 0.15) is 6.10 Å². The van der Waals surface area contributed by atoms with E-state index in [0.29, 0.717) is 5.57 Å². The van der Waals surface area contributed by atoms with Gasteiger partial charge in [0.25, 0.3) is 0 Å². The molecule has 0 aromatic heterocycles. The van der Waals surface area contributed by atoms with Gasteiger partial charge in [0.15, 0.2) is 0 Å². The minimum atomic E-state index is -0.171. The maximum absolute atomic E-state index is 11.7. The molecule has 1 saturated heterocycles. The molecule has 3 rings (SSSR count). The molecule has 0 aromatic rings. The summed E-state index contributed by atoms with van der Waals surface area (Å²) in [6, 6.07) is 0. The second-order valence-corrected chi connectivity index (χ2v) is 6.10. The predicted octanol–water partition coefficient (Wildman–Crippen LogP) is 3.38. The standard InChI is InChI=1S/C15H20O2/c1-9-5-4-7-15(3)8-6-11-10(2)14(16)17-13(11)12(9)15/h11,13H,2,4-8H2,1,3H3/t11-,13-,15-/m1/s1. The highest BCUT2D eigenvalue weighted by molar-refractivity contribution is 5.91. The molecule has 1 aliphatic heterocycles. The Labute approximate surface area is 103 Å². The third-order valence-electron chi connectivity index (χ3n) is 4.99. The van der Waals surface area contributed by atoms with Gasteiger partial charge in [0.2, 0.25) is 0 Å². The normalized spacial score (nSPS) is 41.1. The third kappa shape index (κ3) is 1.42. The van der Waals surface area contributed by atoms with Gasteiger partial charge < -0.3 is 4.74 Å². The van der Waals surface area contributed by atoms with Crippen LogP contribution in [0.5, 0.6) is 0 Å². The van der Waals surface area contributed by atoms with Gasteiger partial charge in [0.05, 0.1) is 0 Å². The van der Waals surface area contributed by atoms with Crippen molar-refractivity contribution in [2.45, 2.75) is 52.1 Å². The van der Waals surface area contributed by atoms with Crippen molar-refractivity contribution >= 4 is 5.97 Å². The highest BCUT2D eigenvalue weighted by Crippen LogP contribution is 2.55. The van der Waals surface area contributed by atoms with Crippen molar-refractivity contribution in [3.05, 3.63) is 23.3 Å². The van der Waals surface area contributed by atoms with E-state index < -0.39 is 0 Å². The van der Waals surface area contributed by atoms with Crippen LogP contribution in [0.4, 0.5) is 0 Å². The van der Waals surface area contributed by atoms with Crippen molar-refractivity contribution in [1.82, 2.24) is 0 Å². The molecule has 1 saturated carbocycles. The molecule has 0 bridgehead atoms. The number of carbonyl (C=O) groups excluding carboxylic acids is 1. The number of rotatable bonds is 0. The number of hydrogen-bond acceptors (Lipinski definition) is 2. The molecule has 3 aliphatic rings. The van der Waals surface area contributed by atoms with E-state index in [-0.39, 0.29) is 23.4 Å². The van der Waals surface area contributed by atoms with Crippen LogP contribution in [0.1, 0.15) is 46.0 Å². The molecule has 2 nitrogen and oxygen atoms in total. The number of allylic oxidation sites excluding steroid dienone is 1. The number of carbonyl (C=O) groups is 1. The lowest BCUT2D eigenvalue weighted by Crippen LogP contribution is -2.39. The molecule has 0 radical (unpaired) electrons. The average Bonchev–Trinajstić information content (AvgIpc) is 2.54. The van der Waals surface area contributed by atoms with E-state index in [1.165, 1.54) is 30.4 Å². The molecule has 0 unspecified atom stereocenters. The van der Waals surface area contributed by atoms with E-state index in [4.69, 9.17) is 4.74 Å². The lowest BCUT2D eigenvalue weighted by atomic mass is 9.60. The predicted molar refractivity (Wildman–Crippen MR) is 66.4 cm³/mol. The van der Waals surface area contributed by atoms with Crippen LogP contribution in [0, 0.1) is 11.3 Å². The number of hydrogen-bond donors (Lipinski definition) is 0. The zero-order chi connectivity index (χ0) is 12.2. The fraction of sp³-hybridized carbons (Fsp3) is 0.667. The molecule has 0 spiro atoms. The Morgan fingerprint density at radius 3 is 2.94 bits per heavy atom. The number of ether oxygens (including phenoxy) is 1. The molecule has 2 aliphatic carbocycles. The quantitative estimate of drug-likeness (QED) is 0.363. The van der Waals surface area contributed by atoms with E-state index in [1.807, 2.05) is 0 Å². The van der Waals surface area contributed by atoms with Crippen LogP contribution in [0.25, 0.3) is 0 Å². The molecule has 17 heavy (non-hydrogen) atoms. The molecule has 1 heterocycles. The van der Waals surface area contributed by atoms with Gasteiger partial charge in [-0.3, -0.25) is 0 Å². The average molecular weight is 232 g/mol. The third-order valence-corrected chi connectivity index (χ3v) is 4.99. The summed E-state index contributed by atoms with van der Waals surface area (Å²) in [6.45, 7) is 8.46. The minimum absolute atomic E-state index is 0.00838. The topological polar surface area (TPSA) is 26.3 Å². The Hall–Kier alpha value is -1.05. The summed E-state index contributed by atoms with van der Waals surface area (Å²) in [5.41, 5.74) is 3.85. The molecular weight excluding hydrogens is 212 g/mol. The summed E-state index contributed by atoms with van der Waals surface area (Å²) < 4.78 is 5.59. The van der Waals surface area contributed by atoms with Crippen LogP contribution in [0.15, 0.2) is 23.3 Å². The molecule has 92 valence electrons. The first-order valence-corrected chi connectivity index (χ1v) is 6.63. The lowest BCUT2D eigenvalue weighted by molar-refractivity contribution is -0.138. The monoisotopic (exact) mass is 232 g/mol. The Morgan fingerprint density at radius 2 is 2.18 bits per heavy atom. The van der Waals surface area contributed by atoms with Crippen LogP contribution in [0.2, 0.25) is 0 Å². The second-order valence-electron chi connectivity index (χ2n) is 6.10. The van der Waals surface area contributed by atoms with Crippen LogP contribution < -0.4 is 0 Å². The Kier molecular flexibility index (Phi) is 2.26. The summed E-state index contributed by atoms with van der Waals surface area (Å²) in [5, 5.41) is 0. The number of esters is 1. The fourth-order valence-corrected chi connectivity index (χ4v) is 4.04. The van der Waals surface area contributed by atoms with Crippen LogP contribution in [-0.4, -0.2) is 12.1 Å². The summed E-state index contributed by atoms with van der Waals surface area (Å²) >= 11 is 0. The van der Waals surface area contributed by atoms with Crippen LogP contribution >= 0.6 is 0 Å². The lowest BCUT2D eigenvalue weighted by Gasteiger charge is -2.45. The summed E-state index contributed by atoms with van der Waals surface area (Å²) in [4.78, 5) is 11.7. The molecule has 2 heteroatoms. The summed E-state index contributed by atoms with van der Waals surface area (Å²) in [7, 11) is 0. The van der Waals surface area contributed by atoms with Gasteiger partial charge in [-0.2, -0.15) is 0 Å². The summed E-state index contributed by atoms with van der Waals surface area (Å²) in [5.74, 6) is 0.0775. The van der Waals surface area contributed by atoms with Gasteiger partial charge >= 0.3 is 5.97 Å². The minimum Gasteiger partial charge on any atom is -0.454 e. The fourth-order valence-electron chi connectivity index (χ4n) is 4.04. The van der Waals surface area contributed by atoms with Crippen LogP contribution in [0.3, 0.4) is 0 Å². The van der Waals surface area contributed by atoms with Gasteiger partial charge in [-0.1, -0.05) is 19.1 Å². The highest BCUT2D eigenvalue weighted by atomic mass is 16.6. The molecule has 2 fully saturated rings. The van der Waals surface area contributed by atoms with Gasteiger partial charge in [-0.25, -0.2) is 4.79 Å². The van der Waals surface area contributed by atoms with E-state index in [2.05, 4.69) is 20.4 Å². The highest BCUT2D eigenvalue weighted by Gasteiger charge is 2.51. The first kappa shape index (κ1) is 11.1. The first-order chi connectivity index (χ1) is 8.03. The maximum atomic E-state index is 11.7. The van der Waals surface area contributed by atoms with Gasteiger partial charge in [-0.05, 0) is 50.0 Å². The van der Waals surface area contributed by atoms with Crippen molar-refractivity contribution < 1.29 is 9.53 Å². The molecular formula is C15H20O2. The van der Waals surface area contributed by atoms with E-state index in [0.717, 1.165) is 12.8 Å². The van der Waals surface area contributed by atoms with Crippen molar-refractivity contribution in [2.24, 2.45) is 11.3 Å². The molecule has 3 atom stereocenters. The largest absolute Gasteiger partial charge is 0.454 e. The van der Waals surface area contributed by atoms with Crippen molar-refractivity contribution in [2.75, 3.05) is 0 Å². The van der Waals surface area contributed by atoms with E-state index in [9.17, 15) is 4.79 Å². The maximum Gasteiger partial charge on any atom is 0.334 e. The molecule has 0 N–H and O–H groups in total. The smallest absolute Gasteiger partial charge is 0.334 e. The zero-order valence-electron chi connectivity index (χ0n) is 10.7. The van der Waals surface area contributed by atoms with Crippen molar-refractivity contribution in [3.63, 3.8) is 0 Å². The first-order valence-electron chi connectivity index (χ1n) is 6.63. The Balaban J connectivity index is 2.06. The SMILES string of the molecule is C=C1C(=O)O[C@H]2C3=C(C)CCC[C@]3(C)CC[C@H]12. The Morgan fingerprint density at radius 1 is 1.41 bits per heavy atom. The number of fused-ring (bicyclic) bond motifs is 3. The van der Waals surface area contributed by atoms with Gasteiger partial charge in [0, 0.05) is 11.5 Å². The second kappa shape index (κ2) is 3.47. The Bertz CT molecular complexity index is 432. The van der Waals surface area contributed by atoms with Crippen LogP contribution in [-0.2, 0) is 9.53 Å². The summed E-state index contributed by atoms with van der Waals surface area (Å²) in [6.07, 6.45) is 5.93. The molecule has 0 aromatic carbocycles. The zero-order valence-corrected chi connectivity index (χ0v) is 10.7. The molecule has 0 amide bonds. The van der Waals surface area contributed by atoms with Crippen molar-refractivity contribution in [1.29, 1.82) is 0 Å². The van der Waals surface area contributed by atoms with Gasteiger partial charge in [-0.15, -0.1) is 0 Å².